The number of fused-ring (bicyclic) bond motifs is 5. The second kappa shape index (κ2) is 10.2. The summed E-state index contributed by atoms with van der Waals surface area (Å²) in [6.07, 6.45) is 8.49. The first-order valence-electron chi connectivity index (χ1n) is 15.4. The molecule has 4 saturated carbocycles. The highest BCUT2D eigenvalue weighted by Crippen LogP contribution is 2.75. The lowest BCUT2D eigenvalue weighted by Crippen LogP contribution is -2.65. The molecule has 37 heavy (non-hydrogen) atoms. The van der Waals surface area contributed by atoms with Gasteiger partial charge >= 0.3 is 5.97 Å². The molecule has 2 unspecified atom stereocenters. The van der Waals surface area contributed by atoms with Crippen molar-refractivity contribution in [2.75, 3.05) is 0 Å². The Kier molecular flexibility index (Phi) is 7.97. The molecule has 4 nitrogen and oxygen atoms in total. The Balaban J connectivity index is 1.73. The minimum absolute atomic E-state index is 0.0344. The van der Waals surface area contributed by atoms with E-state index < -0.39 is 11.9 Å². The minimum Gasteiger partial charge on any atom is -0.495 e. The van der Waals surface area contributed by atoms with Crippen molar-refractivity contribution in [1.29, 1.82) is 0 Å². The molecule has 4 fully saturated rings. The first-order chi connectivity index (χ1) is 17.2. The van der Waals surface area contributed by atoms with Crippen molar-refractivity contribution in [2.24, 2.45) is 63.6 Å². The van der Waals surface area contributed by atoms with Crippen molar-refractivity contribution in [3.8, 4) is 0 Å². The zero-order valence-electron chi connectivity index (χ0n) is 25.1. The van der Waals surface area contributed by atoms with E-state index in [4.69, 9.17) is 4.74 Å². The summed E-state index contributed by atoms with van der Waals surface area (Å²) < 4.78 is 6.42. The van der Waals surface area contributed by atoms with Crippen molar-refractivity contribution in [2.45, 2.75) is 125 Å². The summed E-state index contributed by atoms with van der Waals surface area (Å²) in [6.45, 7) is 22.6. The molecule has 2 N–H and O–H groups in total. The Labute approximate surface area is 227 Å². The number of aliphatic hydroxyl groups is 1. The van der Waals surface area contributed by atoms with Crippen LogP contribution < -0.4 is 0 Å². The van der Waals surface area contributed by atoms with Gasteiger partial charge in [-0.1, -0.05) is 67.9 Å². The third-order valence-electron chi connectivity index (χ3n) is 12.8. The van der Waals surface area contributed by atoms with Crippen LogP contribution in [0.1, 0.15) is 113 Å². The summed E-state index contributed by atoms with van der Waals surface area (Å²) >= 11 is 0. The van der Waals surface area contributed by atoms with E-state index in [9.17, 15) is 15.0 Å². The summed E-state index contributed by atoms with van der Waals surface area (Å²) in [6, 6.07) is 0. The van der Waals surface area contributed by atoms with E-state index >= 15 is 0 Å². The lowest BCUT2D eigenvalue weighted by atomic mass is 9.36. The molecule has 4 aliphatic rings. The molecule has 0 saturated heterocycles. The molecule has 0 radical (unpaired) electrons. The predicted octanol–water partition coefficient (Wildman–Crippen LogP) is 7.94. The number of hydrogen-bond acceptors (Lipinski definition) is 3. The van der Waals surface area contributed by atoms with Gasteiger partial charge in [0.25, 0.3) is 0 Å². The van der Waals surface area contributed by atoms with Gasteiger partial charge in [0.15, 0.2) is 0 Å². The molecule has 4 rings (SSSR count). The van der Waals surface area contributed by atoms with Crippen LogP contribution in [0, 0.1) is 63.6 Å². The number of allylic oxidation sites excluding steroid dienone is 1. The van der Waals surface area contributed by atoms with Gasteiger partial charge in [-0.05, 0) is 104 Å². The Morgan fingerprint density at radius 1 is 1.05 bits per heavy atom. The molecule has 212 valence electrons. The SMILES string of the molecule is C=C(C)OC1C[C@@]2(C)[C@H](C[C@@H](O)[C@H]3[C@@]4(C)CC[C@@H](C)[C@H](C)[C@@H]4CC[C@@]32C)[C@H]1C(CCCC(C)C)C(=O)O. The fourth-order valence-electron chi connectivity index (χ4n) is 10.8. The van der Waals surface area contributed by atoms with Crippen LogP contribution in [0.3, 0.4) is 0 Å². The normalized spacial score (nSPS) is 48.1. The van der Waals surface area contributed by atoms with Gasteiger partial charge in [0.2, 0.25) is 0 Å². The summed E-state index contributed by atoms with van der Waals surface area (Å²) in [5.74, 6) is 2.52. The van der Waals surface area contributed by atoms with Crippen molar-refractivity contribution in [3.63, 3.8) is 0 Å². The summed E-state index contributed by atoms with van der Waals surface area (Å²) in [5.41, 5.74) is 0.0413. The molecule has 4 heteroatoms. The Hall–Kier alpha value is -1.03. The van der Waals surface area contributed by atoms with Crippen LogP contribution in [-0.4, -0.2) is 28.4 Å². The molecule has 12 atom stereocenters. The number of carboxylic acids is 1. The topological polar surface area (TPSA) is 66.8 Å². The quantitative estimate of drug-likeness (QED) is 0.321. The maximum atomic E-state index is 12.8. The van der Waals surface area contributed by atoms with Crippen molar-refractivity contribution in [3.05, 3.63) is 12.3 Å². The number of ether oxygens (including phenoxy) is 1. The van der Waals surface area contributed by atoms with Gasteiger partial charge in [-0.15, -0.1) is 0 Å². The minimum atomic E-state index is -0.694. The van der Waals surface area contributed by atoms with Gasteiger partial charge in [0.1, 0.15) is 6.10 Å². The van der Waals surface area contributed by atoms with Gasteiger partial charge in [-0.3, -0.25) is 4.79 Å². The fraction of sp³-hybridized carbons (Fsp3) is 0.909. The molecular weight excluding hydrogens is 460 g/mol. The van der Waals surface area contributed by atoms with Gasteiger partial charge in [0.05, 0.1) is 17.8 Å². The summed E-state index contributed by atoms with van der Waals surface area (Å²) in [7, 11) is 0. The third-order valence-corrected chi connectivity index (χ3v) is 12.8. The second-order valence-corrected chi connectivity index (χ2v) is 15.2. The Morgan fingerprint density at radius 2 is 1.73 bits per heavy atom. The van der Waals surface area contributed by atoms with E-state index in [0.29, 0.717) is 36.4 Å². The van der Waals surface area contributed by atoms with Gasteiger partial charge < -0.3 is 14.9 Å². The zero-order valence-corrected chi connectivity index (χ0v) is 25.1. The monoisotopic (exact) mass is 516 g/mol. The van der Waals surface area contributed by atoms with Crippen LogP contribution in [0.2, 0.25) is 0 Å². The molecule has 4 aliphatic carbocycles. The number of carbonyl (C=O) groups is 1. The van der Waals surface area contributed by atoms with E-state index in [2.05, 4.69) is 55.0 Å². The zero-order chi connectivity index (χ0) is 27.5. The van der Waals surface area contributed by atoms with Crippen molar-refractivity contribution < 1.29 is 19.7 Å². The smallest absolute Gasteiger partial charge is 0.306 e. The Bertz CT molecular complexity index is 866. The maximum Gasteiger partial charge on any atom is 0.306 e. The van der Waals surface area contributed by atoms with Crippen LogP contribution in [-0.2, 0) is 9.53 Å². The van der Waals surface area contributed by atoms with Crippen LogP contribution in [0.4, 0.5) is 0 Å². The van der Waals surface area contributed by atoms with E-state index in [1.165, 1.54) is 19.3 Å². The summed E-state index contributed by atoms with van der Waals surface area (Å²) in [5, 5.41) is 22.5. The van der Waals surface area contributed by atoms with Crippen molar-refractivity contribution >= 4 is 5.97 Å². The number of aliphatic hydroxyl groups excluding tert-OH is 1. The first kappa shape index (κ1) is 29.0. The number of rotatable bonds is 8. The van der Waals surface area contributed by atoms with E-state index in [-0.39, 0.29) is 46.2 Å². The maximum absolute atomic E-state index is 12.8. The van der Waals surface area contributed by atoms with Gasteiger partial charge in [0, 0.05) is 5.92 Å². The number of carboxylic acid groups (broad SMARTS) is 1. The summed E-state index contributed by atoms with van der Waals surface area (Å²) in [4.78, 5) is 12.8. The highest BCUT2D eigenvalue weighted by atomic mass is 16.5. The lowest BCUT2D eigenvalue weighted by Gasteiger charge is -2.69. The molecule has 0 aromatic heterocycles. The fourth-order valence-corrected chi connectivity index (χ4v) is 10.8. The van der Waals surface area contributed by atoms with Gasteiger partial charge in [-0.25, -0.2) is 0 Å². The molecule has 0 aliphatic heterocycles. The molecule has 0 aromatic rings. The number of aliphatic carboxylic acids is 1. The standard InChI is InChI=1S/C33H56O4/c1-19(2)11-10-12-23(30(35)36)28-25-17-26(34)29-31(7)15-13-21(5)22(6)24(31)14-16-32(29,8)33(25,9)18-27(28)37-20(3)4/h19,21-29,34H,3,10-18H2,1-2,4-9H3,(H,35,36)/t21-,22+,23?,24+,25-,26-,27?,28-,29+,31+,32+,33+/m1/s1. The average molecular weight is 517 g/mol. The molecule has 0 spiro atoms. The third kappa shape index (κ3) is 4.59. The van der Waals surface area contributed by atoms with Crippen LogP contribution in [0.5, 0.6) is 0 Å². The van der Waals surface area contributed by atoms with Crippen LogP contribution in [0.25, 0.3) is 0 Å². The average Bonchev–Trinajstić information content (AvgIpc) is 3.05. The number of hydrogen-bond donors (Lipinski definition) is 2. The molecule has 0 bridgehead atoms. The highest BCUT2D eigenvalue weighted by molar-refractivity contribution is 5.70. The van der Waals surface area contributed by atoms with Gasteiger partial charge in [-0.2, -0.15) is 0 Å². The van der Waals surface area contributed by atoms with E-state index in [1.54, 1.807) is 0 Å². The van der Waals surface area contributed by atoms with E-state index in [1.807, 2.05) is 6.92 Å². The highest BCUT2D eigenvalue weighted by Gasteiger charge is 2.72. The van der Waals surface area contributed by atoms with Crippen molar-refractivity contribution in [1.82, 2.24) is 0 Å². The lowest BCUT2D eigenvalue weighted by molar-refractivity contribution is -0.236. The van der Waals surface area contributed by atoms with E-state index in [0.717, 1.165) is 31.6 Å². The second-order valence-electron chi connectivity index (χ2n) is 15.2. The van der Waals surface area contributed by atoms with Crippen LogP contribution in [0.15, 0.2) is 12.3 Å². The first-order valence-corrected chi connectivity index (χ1v) is 15.4. The largest absolute Gasteiger partial charge is 0.495 e. The molecular formula is C33H56O4. The molecule has 0 heterocycles. The molecule has 0 amide bonds. The molecule has 0 aromatic carbocycles. The van der Waals surface area contributed by atoms with Crippen LogP contribution >= 0.6 is 0 Å². The predicted molar refractivity (Wildman–Crippen MR) is 150 cm³/mol. The Morgan fingerprint density at radius 3 is 2.32 bits per heavy atom.